The molecule has 0 bridgehead atoms. The molecule has 9 heteroatoms. The van der Waals surface area contributed by atoms with E-state index < -0.39 is 11.9 Å². The van der Waals surface area contributed by atoms with Gasteiger partial charge in [0.2, 0.25) is 12.7 Å². The summed E-state index contributed by atoms with van der Waals surface area (Å²) in [5, 5.41) is 6.33. The van der Waals surface area contributed by atoms with Crippen LogP contribution in [0.5, 0.6) is 11.5 Å². The molecular weight excluding hydrogens is 375 g/mol. The van der Waals surface area contributed by atoms with Crippen molar-refractivity contribution in [2.24, 2.45) is 0 Å². The van der Waals surface area contributed by atoms with Gasteiger partial charge >= 0.3 is 6.18 Å². The standard InChI is InChI=1S/C19H18F3N3O3/c20-19(21,22)17-10-14(13-3-4-13)25(24-17)8-7-23-18(26)6-2-12-1-5-15-16(9-12)28-11-27-15/h1-2,5-6,9-10,13H,3-4,7-8,11H2,(H,23,26)/b6-2+. The van der Waals surface area contributed by atoms with Gasteiger partial charge in [0.25, 0.3) is 0 Å². The van der Waals surface area contributed by atoms with E-state index in [0.717, 1.165) is 24.5 Å². The number of nitrogens with one attached hydrogen (secondary N) is 1. The topological polar surface area (TPSA) is 65.4 Å². The molecule has 0 atom stereocenters. The molecule has 0 spiro atoms. The number of carbonyl (C=O) groups is 1. The van der Waals surface area contributed by atoms with E-state index in [4.69, 9.17) is 9.47 Å². The Balaban J connectivity index is 1.32. The van der Waals surface area contributed by atoms with Gasteiger partial charge in [0, 0.05) is 24.2 Å². The number of alkyl halides is 3. The normalized spacial score (nSPS) is 16.0. The number of carbonyl (C=O) groups excluding carboxylic acids is 1. The van der Waals surface area contributed by atoms with Crippen LogP contribution in [0.25, 0.3) is 6.08 Å². The molecule has 2 heterocycles. The van der Waals surface area contributed by atoms with E-state index in [1.54, 1.807) is 24.3 Å². The molecule has 1 N–H and O–H groups in total. The minimum atomic E-state index is -4.47. The molecule has 4 rings (SSSR count). The second kappa shape index (κ2) is 7.21. The summed E-state index contributed by atoms with van der Waals surface area (Å²) in [6.45, 7) is 0.545. The third-order valence-corrected chi connectivity index (χ3v) is 4.54. The van der Waals surface area contributed by atoms with Gasteiger partial charge in [0.05, 0.1) is 6.54 Å². The second-order valence-electron chi connectivity index (χ2n) is 6.69. The van der Waals surface area contributed by atoms with Crippen LogP contribution < -0.4 is 14.8 Å². The first-order valence-electron chi connectivity index (χ1n) is 8.90. The maximum absolute atomic E-state index is 12.9. The lowest BCUT2D eigenvalue weighted by Crippen LogP contribution is -2.26. The average Bonchev–Trinajstić information content (AvgIpc) is 3.22. The molecule has 6 nitrogen and oxygen atoms in total. The van der Waals surface area contributed by atoms with Crippen LogP contribution in [0.15, 0.2) is 30.3 Å². The molecule has 1 aliphatic heterocycles. The zero-order valence-electron chi connectivity index (χ0n) is 14.8. The van der Waals surface area contributed by atoms with E-state index in [-0.39, 0.29) is 31.7 Å². The van der Waals surface area contributed by atoms with Crippen molar-refractivity contribution >= 4 is 12.0 Å². The number of benzene rings is 1. The van der Waals surface area contributed by atoms with Gasteiger partial charge in [-0.3, -0.25) is 9.48 Å². The molecule has 148 valence electrons. The number of aromatic nitrogens is 2. The zero-order valence-corrected chi connectivity index (χ0v) is 14.8. The summed E-state index contributed by atoms with van der Waals surface area (Å²) in [5.74, 6) is 1.07. The number of halogens is 3. The first kappa shape index (κ1) is 18.4. The molecule has 2 aliphatic rings. The summed E-state index contributed by atoms with van der Waals surface area (Å²) in [7, 11) is 0. The lowest BCUT2D eigenvalue weighted by Gasteiger charge is -2.07. The molecule has 0 radical (unpaired) electrons. The van der Waals surface area contributed by atoms with E-state index in [0.29, 0.717) is 17.2 Å². The number of fused-ring (bicyclic) bond motifs is 1. The molecule has 1 aromatic carbocycles. The fourth-order valence-corrected chi connectivity index (χ4v) is 2.99. The number of hydrogen-bond acceptors (Lipinski definition) is 4. The van der Waals surface area contributed by atoms with E-state index in [1.165, 1.54) is 10.8 Å². The fourth-order valence-electron chi connectivity index (χ4n) is 2.99. The van der Waals surface area contributed by atoms with Crippen molar-refractivity contribution in [1.29, 1.82) is 0 Å². The third-order valence-electron chi connectivity index (χ3n) is 4.54. The summed E-state index contributed by atoms with van der Waals surface area (Å²) in [4.78, 5) is 12.0. The van der Waals surface area contributed by atoms with Gasteiger partial charge in [-0.15, -0.1) is 0 Å². The summed E-state index contributed by atoms with van der Waals surface area (Å²) < 4.78 is 50.5. The van der Waals surface area contributed by atoms with Crippen LogP contribution in [0, 0.1) is 0 Å². The Morgan fingerprint density at radius 3 is 2.79 bits per heavy atom. The van der Waals surface area contributed by atoms with Crippen molar-refractivity contribution in [1.82, 2.24) is 15.1 Å². The van der Waals surface area contributed by atoms with Crippen LogP contribution >= 0.6 is 0 Å². The highest BCUT2D eigenvalue weighted by Crippen LogP contribution is 2.42. The molecule has 1 aromatic heterocycles. The molecule has 1 amide bonds. The van der Waals surface area contributed by atoms with Gasteiger partial charge in [-0.25, -0.2) is 0 Å². The number of hydrogen-bond donors (Lipinski definition) is 1. The van der Waals surface area contributed by atoms with E-state index in [9.17, 15) is 18.0 Å². The van der Waals surface area contributed by atoms with Crippen LogP contribution in [0.4, 0.5) is 13.2 Å². The van der Waals surface area contributed by atoms with Gasteiger partial charge in [-0.1, -0.05) is 6.07 Å². The second-order valence-corrected chi connectivity index (χ2v) is 6.69. The Hall–Kier alpha value is -2.97. The molecule has 0 unspecified atom stereocenters. The van der Waals surface area contributed by atoms with Gasteiger partial charge in [-0.2, -0.15) is 18.3 Å². The lowest BCUT2D eigenvalue weighted by atomic mass is 10.2. The molecule has 1 fully saturated rings. The lowest BCUT2D eigenvalue weighted by molar-refractivity contribution is -0.141. The third kappa shape index (κ3) is 4.13. The van der Waals surface area contributed by atoms with Crippen LogP contribution in [0.1, 0.15) is 35.7 Å². The maximum Gasteiger partial charge on any atom is 0.435 e. The quantitative estimate of drug-likeness (QED) is 0.765. The molecule has 1 aliphatic carbocycles. The largest absolute Gasteiger partial charge is 0.454 e. The first-order valence-corrected chi connectivity index (χ1v) is 8.90. The Labute approximate surface area is 158 Å². The molecule has 0 saturated heterocycles. The van der Waals surface area contributed by atoms with Crippen molar-refractivity contribution in [3.63, 3.8) is 0 Å². The summed E-state index contributed by atoms with van der Waals surface area (Å²) in [5.41, 5.74) is 0.471. The summed E-state index contributed by atoms with van der Waals surface area (Å²) in [6, 6.07) is 6.42. The van der Waals surface area contributed by atoms with Crippen molar-refractivity contribution in [2.75, 3.05) is 13.3 Å². The first-order chi connectivity index (χ1) is 13.4. The molecule has 1 saturated carbocycles. The fraction of sp³-hybridized carbons (Fsp3) is 0.368. The highest BCUT2D eigenvalue weighted by atomic mass is 19.4. The van der Waals surface area contributed by atoms with Crippen molar-refractivity contribution in [3.05, 3.63) is 47.3 Å². The number of amides is 1. The summed E-state index contributed by atoms with van der Waals surface area (Å²) >= 11 is 0. The van der Waals surface area contributed by atoms with E-state index in [2.05, 4.69) is 10.4 Å². The van der Waals surface area contributed by atoms with Crippen LogP contribution in [-0.4, -0.2) is 29.0 Å². The minimum Gasteiger partial charge on any atom is -0.454 e. The Bertz CT molecular complexity index is 917. The number of ether oxygens (including phenoxy) is 2. The van der Waals surface area contributed by atoms with Crippen LogP contribution in [0.3, 0.4) is 0 Å². The molecule has 2 aromatic rings. The van der Waals surface area contributed by atoms with E-state index >= 15 is 0 Å². The summed E-state index contributed by atoms with van der Waals surface area (Å²) in [6.07, 6.45) is 0.263. The zero-order chi connectivity index (χ0) is 19.7. The highest BCUT2D eigenvalue weighted by molar-refractivity contribution is 5.91. The minimum absolute atomic E-state index is 0.130. The monoisotopic (exact) mass is 393 g/mol. The maximum atomic E-state index is 12.9. The number of rotatable bonds is 6. The van der Waals surface area contributed by atoms with Crippen LogP contribution in [-0.2, 0) is 17.5 Å². The predicted molar refractivity (Wildman–Crippen MR) is 93.8 cm³/mol. The molecular formula is C19H18F3N3O3. The predicted octanol–water partition coefficient (Wildman–Crippen LogP) is 3.34. The van der Waals surface area contributed by atoms with Crippen molar-refractivity contribution in [2.45, 2.75) is 31.5 Å². The SMILES string of the molecule is O=C(/C=C/c1ccc2c(c1)OCO2)NCCn1nc(C(F)(F)F)cc1C1CC1. The van der Waals surface area contributed by atoms with Crippen LogP contribution in [0.2, 0.25) is 0 Å². The van der Waals surface area contributed by atoms with Gasteiger partial charge in [0.15, 0.2) is 17.2 Å². The Morgan fingerprint density at radius 2 is 2.04 bits per heavy atom. The van der Waals surface area contributed by atoms with Crippen molar-refractivity contribution in [3.8, 4) is 11.5 Å². The van der Waals surface area contributed by atoms with E-state index in [1.807, 2.05) is 0 Å². The highest BCUT2D eigenvalue weighted by Gasteiger charge is 2.37. The van der Waals surface area contributed by atoms with Gasteiger partial charge < -0.3 is 14.8 Å². The smallest absolute Gasteiger partial charge is 0.435 e. The average molecular weight is 393 g/mol. The molecule has 28 heavy (non-hydrogen) atoms. The number of nitrogens with zero attached hydrogens (tertiary/aromatic N) is 2. The Morgan fingerprint density at radius 1 is 1.25 bits per heavy atom. The van der Waals surface area contributed by atoms with Gasteiger partial charge in [-0.05, 0) is 42.7 Å². The van der Waals surface area contributed by atoms with Crippen molar-refractivity contribution < 1.29 is 27.4 Å². The van der Waals surface area contributed by atoms with Gasteiger partial charge in [0.1, 0.15) is 0 Å². The Kier molecular flexibility index (Phi) is 4.74.